The Bertz CT molecular complexity index is 334. The number of aryl methyl sites for hydroxylation is 1. The SMILES string of the molecule is Cc1cccc2c1CC(C)(C)C2C. The summed E-state index contributed by atoms with van der Waals surface area (Å²) in [6.45, 7) is 9.33. The van der Waals surface area contributed by atoms with Crippen LogP contribution in [0.15, 0.2) is 18.2 Å². The molecule has 0 heteroatoms. The lowest BCUT2D eigenvalue weighted by atomic mass is 9.81. The molecular formula is C13H18. The Morgan fingerprint density at radius 3 is 2.62 bits per heavy atom. The summed E-state index contributed by atoms with van der Waals surface area (Å²) in [6, 6.07) is 6.71. The molecular weight excluding hydrogens is 156 g/mol. The molecule has 0 nitrogen and oxygen atoms in total. The molecule has 1 unspecified atom stereocenters. The topological polar surface area (TPSA) is 0 Å². The predicted molar refractivity (Wildman–Crippen MR) is 57.1 cm³/mol. The molecule has 0 fully saturated rings. The monoisotopic (exact) mass is 174 g/mol. The van der Waals surface area contributed by atoms with Crippen molar-refractivity contribution in [2.45, 2.75) is 40.0 Å². The van der Waals surface area contributed by atoms with Gasteiger partial charge in [0, 0.05) is 0 Å². The summed E-state index contributed by atoms with van der Waals surface area (Å²) in [5.41, 5.74) is 5.09. The zero-order valence-corrected chi connectivity index (χ0v) is 9.02. The summed E-state index contributed by atoms with van der Waals surface area (Å²) < 4.78 is 0. The van der Waals surface area contributed by atoms with E-state index in [4.69, 9.17) is 0 Å². The van der Waals surface area contributed by atoms with Gasteiger partial charge in [0.2, 0.25) is 0 Å². The fraction of sp³-hybridized carbons (Fsp3) is 0.538. The van der Waals surface area contributed by atoms with E-state index in [1.54, 1.807) is 11.1 Å². The molecule has 70 valence electrons. The van der Waals surface area contributed by atoms with Crippen molar-refractivity contribution in [1.82, 2.24) is 0 Å². The normalized spacial score (nSPS) is 24.5. The first kappa shape index (κ1) is 8.80. The van der Waals surface area contributed by atoms with E-state index in [1.807, 2.05) is 0 Å². The van der Waals surface area contributed by atoms with Crippen LogP contribution in [0.2, 0.25) is 0 Å². The molecule has 0 N–H and O–H groups in total. The van der Waals surface area contributed by atoms with Gasteiger partial charge < -0.3 is 0 Å². The third-order valence-corrected chi connectivity index (χ3v) is 3.72. The van der Waals surface area contributed by atoms with Gasteiger partial charge >= 0.3 is 0 Å². The largest absolute Gasteiger partial charge is 0.0617 e. The van der Waals surface area contributed by atoms with Crippen LogP contribution in [0.4, 0.5) is 0 Å². The van der Waals surface area contributed by atoms with E-state index in [9.17, 15) is 0 Å². The molecule has 13 heavy (non-hydrogen) atoms. The van der Waals surface area contributed by atoms with E-state index >= 15 is 0 Å². The highest BCUT2D eigenvalue weighted by atomic mass is 14.4. The van der Waals surface area contributed by atoms with Gasteiger partial charge in [-0.3, -0.25) is 0 Å². The lowest BCUT2D eigenvalue weighted by Crippen LogP contribution is -2.14. The van der Waals surface area contributed by atoms with Gasteiger partial charge in [-0.15, -0.1) is 0 Å². The van der Waals surface area contributed by atoms with Gasteiger partial charge in [-0.25, -0.2) is 0 Å². The fourth-order valence-corrected chi connectivity index (χ4v) is 2.40. The molecule has 0 radical (unpaired) electrons. The molecule has 0 saturated carbocycles. The molecule has 0 saturated heterocycles. The Morgan fingerprint density at radius 1 is 1.31 bits per heavy atom. The van der Waals surface area contributed by atoms with Crippen LogP contribution in [-0.2, 0) is 6.42 Å². The van der Waals surface area contributed by atoms with Crippen molar-refractivity contribution in [1.29, 1.82) is 0 Å². The van der Waals surface area contributed by atoms with Crippen LogP contribution in [0.25, 0.3) is 0 Å². The van der Waals surface area contributed by atoms with Gasteiger partial charge in [0.1, 0.15) is 0 Å². The molecule has 0 amide bonds. The van der Waals surface area contributed by atoms with Crippen molar-refractivity contribution < 1.29 is 0 Å². The number of benzene rings is 1. The fourth-order valence-electron chi connectivity index (χ4n) is 2.40. The van der Waals surface area contributed by atoms with Crippen molar-refractivity contribution in [2.24, 2.45) is 5.41 Å². The predicted octanol–water partition coefficient (Wildman–Crippen LogP) is 3.68. The number of hydrogen-bond donors (Lipinski definition) is 0. The minimum Gasteiger partial charge on any atom is -0.0617 e. The highest BCUT2D eigenvalue weighted by Crippen LogP contribution is 2.47. The molecule has 0 aliphatic heterocycles. The third-order valence-electron chi connectivity index (χ3n) is 3.72. The van der Waals surface area contributed by atoms with Gasteiger partial charge in [0.25, 0.3) is 0 Å². The lowest BCUT2D eigenvalue weighted by Gasteiger charge is -2.23. The van der Waals surface area contributed by atoms with Crippen LogP contribution in [0.5, 0.6) is 0 Å². The first-order valence-corrected chi connectivity index (χ1v) is 5.11. The van der Waals surface area contributed by atoms with Crippen molar-refractivity contribution >= 4 is 0 Å². The molecule has 1 atom stereocenters. The van der Waals surface area contributed by atoms with Crippen molar-refractivity contribution in [3.8, 4) is 0 Å². The summed E-state index contributed by atoms with van der Waals surface area (Å²) in [5.74, 6) is 0.711. The Kier molecular flexibility index (Phi) is 1.76. The van der Waals surface area contributed by atoms with Crippen LogP contribution < -0.4 is 0 Å². The second-order valence-electron chi connectivity index (χ2n) is 5.03. The Labute approximate surface area is 81.0 Å². The molecule has 2 rings (SSSR count). The molecule has 0 aromatic heterocycles. The summed E-state index contributed by atoms with van der Waals surface area (Å²) in [5, 5.41) is 0. The highest BCUT2D eigenvalue weighted by Gasteiger charge is 2.35. The van der Waals surface area contributed by atoms with Gasteiger partial charge in [-0.2, -0.15) is 0 Å². The smallest absolute Gasteiger partial charge is 0.0133 e. The first-order chi connectivity index (χ1) is 6.02. The van der Waals surface area contributed by atoms with Crippen molar-refractivity contribution in [3.63, 3.8) is 0 Å². The van der Waals surface area contributed by atoms with Crippen LogP contribution >= 0.6 is 0 Å². The molecule has 0 spiro atoms. The molecule has 1 aromatic carbocycles. The van der Waals surface area contributed by atoms with Gasteiger partial charge in [0.05, 0.1) is 0 Å². The first-order valence-electron chi connectivity index (χ1n) is 5.11. The molecule has 0 heterocycles. The van der Waals surface area contributed by atoms with Crippen molar-refractivity contribution in [2.75, 3.05) is 0 Å². The van der Waals surface area contributed by atoms with E-state index in [0.29, 0.717) is 11.3 Å². The number of rotatable bonds is 0. The Morgan fingerprint density at radius 2 is 2.00 bits per heavy atom. The maximum Gasteiger partial charge on any atom is -0.0133 e. The average molecular weight is 174 g/mol. The van der Waals surface area contributed by atoms with E-state index in [1.165, 1.54) is 12.0 Å². The van der Waals surface area contributed by atoms with Crippen LogP contribution in [-0.4, -0.2) is 0 Å². The van der Waals surface area contributed by atoms with Gasteiger partial charge in [-0.1, -0.05) is 39.0 Å². The zero-order valence-electron chi connectivity index (χ0n) is 9.02. The molecule has 1 aliphatic rings. The summed E-state index contributed by atoms with van der Waals surface area (Å²) in [4.78, 5) is 0. The number of hydrogen-bond acceptors (Lipinski definition) is 0. The molecule has 0 bridgehead atoms. The van der Waals surface area contributed by atoms with E-state index < -0.39 is 0 Å². The summed E-state index contributed by atoms with van der Waals surface area (Å²) in [6.07, 6.45) is 1.25. The Balaban J connectivity index is 2.56. The standard InChI is InChI=1S/C13H18/c1-9-6-5-7-11-10(2)13(3,4)8-12(9)11/h5-7,10H,8H2,1-4H3. The van der Waals surface area contributed by atoms with Gasteiger partial charge in [-0.05, 0) is 41.4 Å². The lowest BCUT2D eigenvalue weighted by molar-refractivity contribution is 0.330. The highest BCUT2D eigenvalue weighted by molar-refractivity contribution is 5.42. The maximum absolute atomic E-state index is 2.37. The van der Waals surface area contributed by atoms with E-state index in [0.717, 1.165) is 0 Å². The molecule has 1 aliphatic carbocycles. The third kappa shape index (κ3) is 1.20. The quantitative estimate of drug-likeness (QED) is 0.563. The van der Waals surface area contributed by atoms with E-state index in [-0.39, 0.29) is 0 Å². The summed E-state index contributed by atoms with van der Waals surface area (Å²) >= 11 is 0. The van der Waals surface area contributed by atoms with Crippen LogP contribution in [0.3, 0.4) is 0 Å². The Hall–Kier alpha value is -0.780. The minimum absolute atomic E-state index is 0.453. The van der Waals surface area contributed by atoms with Crippen LogP contribution in [0.1, 0.15) is 43.4 Å². The second-order valence-corrected chi connectivity index (χ2v) is 5.03. The van der Waals surface area contributed by atoms with Gasteiger partial charge in [0.15, 0.2) is 0 Å². The average Bonchev–Trinajstić information content (AvgIpc) is 2.28. The van der Waals surface area contributed by atoms with Crippen LogP contribution in [0, 0.1) is 12.3 Å². The van der Waals surface area contributed by atoms with Crippen molar-refractivity contribution in [3.05, 3.63) is 34.9 Å². The summed E-state index contributed by atoms with van der Waals surface area (Å²) in [7, 11) is 0. The zero-order chi connectivity index (χ0) is 9.64. The second kappa shape index (κ2) is 2.60. The van der Waals surface area contributed by atoms with E-state index in [2.05, 4.69) is 45.9 Å². The molecule has 1 aromatic rings. The maximum atomic E-state index is 2.37. The number of fused-ring (bicyclic) bond motifs is 1. The minimum atomic E-state index is 0.453.